The van der Waals surface area contributed by atoms with Gasteiger partial charge in [0.15, 0.2) is 6.23 Å². The third kappa shape index (κ3) is 2.57. The SMILES string of the molecule is CO[C@@H]1[C@H](OC)[C@@H](CO)O[C@H]1N1CCC(=O)NC1=O. The topological polar surface area (TPSA) is 97.3 Å². The van der Waals surface area contributed by atoms with E-state index in [1.807, 2.05) is 0 Å². The monoisotopic (exact) mass is 274 g/mol. The van der Waals surface area contributed by atoms with Crippen LogP contribution in [0.2, 0.25) is 0 Å². The van der Waals surface area contributed by atoms with Crippen molar-refractivity contribution >= 4 is 11.9 Å². The lowest BCUT2D eigenvalue weighted by Gasteiger charge is -2.34. The molecule has 8 nitrogen and oxygen atoms in total. The number of imide groups is 1. The number of aliphatic hydroxyl groups is 1. The average molecular weight is 274 g/mol. The molecule has 2 fully saturated rings. The fourth-order valence-electron chi connectivity index (χ4n) is 2.46. The van der Waals surface area contributed by atoms with E-state index in [1.165, 1.54) is 19.1 Å². The van der Waals surface area contributed by atoms with Gasteiger partial charge < -0.3 is 19.3 Å². The van der Waals surface area contributed by atoms with Gasteiger partial charge in [0.2, 0.25) is 5.91 Å². The van der Waals surface area contributed by atoms with Crippen molar-refractivity contribution in [2.24, 2.45) is 0 Å². The van der Waals surface area contributed by atoms with Gasteiger partial charge in [0.05, 0.1) is 6.61 Å². The second-order valence-electron chi connectivity index (χ2n) is 4.45. The summed E-state index contributed by atoms with van der Waals surface area (Å²) in [5.41, 5.74) is 0. The van der Waals surface area contributed by atoms with E-state index in [0.717, 1.165) is 0 Å². The smallest absolute Gasteiger partial charge is 0.326 e. The van der Waals surface area contributed by atoms with Crippen LogP contribution < -0.4 is 5.32 Å². The molecule has 2 N–H and O–H groups in total. The number of methoxy groups -OCH3 is 2. The molecule has 0 unspecified atom stereocenters. The quantitative estimate of drug-likeness (QED) is 0.659. The zero-order valence-corrected chi connectivity index (χ0v) is 10.9. The highest BCUT2D eigenvalue weighted by Gasteiger charge is 2.49. The Hall–Kier alpha value is -1.22. The van der Waals surface area contributed by atoms with Gasteiger partial charge in [-0.05, 0) is 0 Å². The molecule has 8 heteroatoms. The van der Waals surface area contributed by atoms with Gasteiger partial charge in [-0.2, -0.15) is 0 Å². The number of aliphatic hydroxyl groups excluding tert-OH is 1. The lowest BCUT2D eigenvalue weighted by atomic mass is 10.1. The first-order valence-electron chi connectivity index (χ1n) is 6.04. The van der Waals surface area contributed by atoms with E-state index in [1.54, 1.807) is 0 Å². The van der Waals surface area contributed by atoms with Gasteiger partial charge in [-0.1, -0.05) is 0 Å². The van der Waals surface area contributed by atoms with Crippen molar-refractivity contribution in [1.29, 1.82) is 0 Å². The molecule has 108 valence electrons. The van der Waals surface area contributed by atoms with E-state index in [-0.39, 0.29) is 25.5 Å². The van der Waals surface area contributed by atoms with Crippen molar-refractivity contribution in [3.8, 4) is 0 Å². The molecule has 0 aromatic rings. The molecule has 4 atom stereocenters. The van der Waals surface area contributed by atoms with Gasteiger partial charge in [-0.25, -0.2) is 4.79 Å². The average Bonchev–Trinajstić information content (AvgIpc) is 2.76. The highest BCUT2D eigenvalue weighted by atomic mass is 16.6. The van der Waals surface area contributed by atoms with E-state index in [4.69, 9.17) is 14.2 Å². The number of hydrogen-bond acceptors (Lipinski definition) is 6. The van der Waals surface area contributed by atoms with Crippen LogP contribution >= 0.6 is 0 Å². The van der Waals surface area contributed by atoms with Crippen molar-refractivity contribution in [2.45, 2.75) is 31.0 Å². The maximum absolute atomic E-state index is 11.8. The summed E-state index contributed by atoms with van der Waals surface area (Å²) in [7, 11) is 2.98. The first kappa shape index (κ1) is 14.2. The fraction of sp³-hybridized carbons (Fsp3) is 0.818. The van der Waals surface area contributed by atoms with Crippen molar-refractivity contribution < 1.29 is 28.9 Å². The van der Waals surface area contributed by atoms with Crippen LogP contribution in [0.4, 0.5) is 4.79 Å². The minimum absolute atomic E-state index is 0.212. The minimum Gasteiger partial charge on any atom is -0.394 e. The Balaban J connectivity index is 2.14. The van der Waals surface area contributed by atoms with Crippen LogP contribution in [0.5, 0.6) is 0 Å². The van der Waals surface area contributed by atoms with Gasteiger partial charge in [-0.15, -0.1) is 0 Å². The third-order valence-corrected chi connectivity index (χ3v) is 3.40. The number of hydrogen-bond donors (Lipinski definition) is 2. The van der Waals surface area contributed by atoms with Crippen molar-refractivity contribution in [3.05, 3.63) is 0 Å². The molecule has 2 aliphatic rings. The summed E-state index contributed by atoms with van der Waals surface area (Å²) in [5.74, 6) is -0.310. The zero-order valence-electron chi connectivity index (χ0n) is 10.9. The first-order valence-corrected chi connectivity index (χ1v) is 6.04. The van der Waals surface area contributed by atoms with E-state index >= 15 is 0 Å². The summed E-state index contributed by atoms with van der Waals surface area (Å²) in [6.45, 7) is 0.0209. The van der Waals surface area contributed by atoms with Crippen molar-refractivity contribution in [2.75, 3.05) is 27.4 Å². The first-order chi connectivity index (χ1) is 9.12. The van der Waals surface area contributed by atoms with Gasteiger partial charge in [0.25, 0.3) is 0 Å². The number of carbonyl (C=O) groups excluding carboxylic acids is 2. The molecule has 0 saturated carbocycles. The molecular formula is C11H18N2O6. The molecule has 0 aromatic heterocycles. The Bertz CT molecular complexity index is 363. The number of rotatable bonds is 4. The predicted molar refractivity (Wildman–Crippen MR) is 62.2 cm³/mol. The maximum atomic E-state index is 11.8. The zero-order chi connectivity index (χ0) is 14.0. The van der Waals surface area contributed by atoms with E-state index in [9.17, 15) is 14.7 Å². The summed E-state index contributed by atoms with van der Waals surface area (Å²) in [6.07, 6.45) is -2.01. The van der Waals surface area contributed by atoms with Crippen LogP contribution in [0.25, 0.3) is 0 Å². The Morgan fingerprint density at radius 2 is 2.05 bits per heavy atom. The maximum Gasteiger partial charge on any atom is 0.326 e. The van der Waals surface area contributed by atoms with Crippen molar-refractivity contribution in [3.63, 3.8) is 0 Å². The predicted octanol–water partition coefficient (Wildman–Crippen LogP) is -1.32. The molecule has 2 aliphatic heterocycles. The Morgan fingerprint density at radius 1 is 1.37 bits per heavy atom. The fourth-order valence-corrected chi connectivity index (χ4v) is 2.46. The van der Waals surface area contributed by atoms with E-state index in [2.05, 4.69) is 5.32 Å². The number of urea groups is 1. The molecule has 0 aromatic carbocycles. The van der Waals surface area contributed by atoms with Crippen molar-refractivity contribution in [1.82, 2.24) is 10.2 Å². The molecule has 0 spiro atoms. The summed E-state index contributed by atoms with van der Waals surface area (Å²) in [6, 6.07) is -0.517. The van der Waals surface area contributed by atoms with Crippen LogP contribution in [0.3, 0.4) is 0 Å². The highest BCUT2D eigenvalue weighted by molar-refractivity contribution is 5.96. The third-order valence-electron chi connectivity index (χ3n) is 3.40. The number of amides is 3. The summed E-state index contributed by atoms with van der Waals surface area (Å²) in [4.78, 5) is 24.3. The number of carbonyl (C=O) groups is 2. The molecule has 19 heavy (non-hydrogen) atoms. The number of ether oxygens (including phenoxy) is 3. The second kappa shape index (κ2) is 5.83. The van der Waals surface area contributed by atoms with E-state index in [0.29, 0.717) is 0 Å². The van der Waals surface area contributed by atoms with Gasteiger partial charge in [-0.3, -0.25) is 15.0 Å². The molecule has 0 bridgehead atoms. The van der Waals surface area contributed by atoms with Crippen LogP contribution in [0.1, 0.15) is 6.42 Å². The van der Waals surface area contributed by atoms with Gasteiger partial charge in [0.1, 0.15) is 18.3 Å². The lowest BCUT2D eigenvalue weighted by molar-refractivity contribution is -0.126. The highest BCUT2D eigenvalue weighted by Crippen LogP contribution is 2.28. The van der Waals surface area contributed by atoms with E-state index < -0.39 is 30.6 Å². The minimum atomic E-state index is -0.680. The molecule has 2 heterocycles. The number of nitrogens with one attached hydrogen (secondary N) is 1. The summed E-state index contributed by atoms with van der Waals surface area (Å²) < 4.78 is 16.2. The Kier molecular flexibility index (Phi) is 4.35. The standard InChI is InChI=1S/C11H18N2O6/c1-17-8-6(5-14)19-10(9(8)18-2)13-4-3-7(15)12-11(13)16/h6,8-10,14H,3-5H2,1-2H3,(H,12,15,16)/t6-,8-,9-,10-/m1/s1. The van der Waals surface area contributed by atoms with Crippen LogP contribution in [0, 0.1) is 0 Å². The Labute approximate surface area is 110 Å². The van der Waals surface area contributed by atoms with Crippen LogP contribution in [-0.2, 0) is 19.0 Å². The largest absolute Gasteiger partial charge is 0.394 e. The Morgan fingerprint density at radius 3 is 2.58 bits per heavy atom. The van der Waals surface area contributed by atoms with Gasteiger partial charge >= 0.3 is 6.03 Å². The number of nitrogens with zero attached hydrogens (tertiary/aromatic N) is 1. The molecule has 0 aliphatic carbocycles. The van der Waals surface area contributed by atoms with Gasteiger partial charge in [0, 0.05) is 27.2 Å². The molecule has 2 rings (SSSR count). The lowest BCUT2D eigenvalue weighted by Crippen LogP contribution is -2.57. The van der Waals surface area contributed by atoms with Crippen LogP contribution in [-0.4, -0.2) is 73.9 Å². The van der Waals surface area contributed by atoms with Crippen LogP contribution in [0.15, 0.2) is 0 Å². The molecular weight excluding hydrogens is 256 g/mol. The summed E-state index contributed by atoms with van der Waals surface area (Å²) in [5, 5.41) is 11.5. The second-order valence-corrected chi connectivity index (χ2v) is 4.45. The molecule has 2 saturated heterocycles. The molecule has 3 amide bonds. The molecule has 0 radical (unpaired) electrons. The summed E-state index contributed by atoms with van der Waals surface area (Å²) >= 11 is 0. The normalized spacial score (nSPS) is 35.6.